The second-order valence-corrected chi connectivity index (χ2v) is 4.56. The maximum absolute atomic E-state index is 11.3. The van der Waals surface area contributed by atoms with Gasteiger partial charge in [0.05, 0.1) is 0 Å². The van der Waals surface area contributed by atoms with E-state index in [1.807, 2.05) is 31.2 Å². The number of aromatic amines is 1. The van der Waals surface area contributed by atoms with E-state index in [0.29, 0.717) is 11.5 Å². The van der Waals surface area contributed by atoms with Crippen LogP contribution in [0.4, 0.5) is 11.5 Å². The van der Waals surface area contributed by atoms with Crippen LogP contribution in [0.2, 0.25) is 0 Å². The third-order valence-electron chi connectivity index (χ3n) is 3.11. The van der Waals surface area contributed by atoms with Gasteiger partial charge in [-0.3, -0.25) is 0 Å². The van der Waals surface area contributed by atoms with Gasteiger partial charge in [-0.1, -0.05) is 12.1 Å². The van der Waals surface area contributed by atoms with E-state index in [9.17, 15) is 4.79 Å². The number of anilines is 2. The molecule has 0 aliphatic rings. The van der Waals surface area contributed by atoms with Crippen molar-refractivity contribution in [3.05, 3.63) is 52.7 Å². The summed E-state index contributed by atoms with van der Waals surface area (Å²) in [6, 6.07) is 9.42. The Kier molecular flexibility index (Phi) is 2.86. The lowest BCUT2D eigenvalue weighted by Gasteiger charge is -2.15. The normalized spacial score (nSPS) is 12.4. The number of hydrogen-bond donors (Lipinski definition) is 3. The highest BCUT2D eigenvalue weighted by Gasteiger charge is 2.07. The molecule has 20 heavy (non-hydrogen) atoms. The van der Waals surface area contributed by atoms with Gasteiger partial charge in [-0.15, -0.1) is 0 Å². The predicted molar refractivity (Wildman–Crippen MR) is 76.5 cm³/mol. The molecular weight excluding hydrogens is 256 g/mol. The van der Waals surface area contributed by atoms with E-state index in [4.69, 9.17) is 5.73 Å². The number of nitrogen functional groups attached to an aromatic ring is 1. The van der Waals surface area contributed by atoms with Crippen LogP contribution in [0.3, 0.4) is 0 Å². The van der Waals surface area contributed by atoms with Crippen LogP contribution in [0.1, 0.15) is 18.5 Å². The van der Waals surface area contributed by atoms with Crippen molar-refractivity contribution in [1.82, 2.24) is 19.6 Å². The van der Waals surface area contributed by atoms with Crippen LogP contribution in [-0.2, 0) is 0 Å². The highest BCUT2D eigenvalue weighted by molar-refractivity contribution is 5.50. The molecule has 1 unspecified atom stereocenters. The van der Waals surface area contributed by atoms with Crippen LogP contribution in [-0.4, -0.2) is 19.6 Å². The maximum Gasteiger partial charge on any atom is 0.348 e. The number of hydrogen-bond acceptors (Lipinski definition) is 5. The summed E-state index contributed by atoms with van der Waals surface area (Å²) in [4.78, 5) is 15.5. The van der Waals surface area contributed by atoms with Crippen molar-refractivity contribution in [2.24, 2.45) is 0 Å². The average Bonchev–Trinajstić information content (AvgIpc) is 2.81. The summed E-state index contributed by atoms with van der Waals surface area (Å²) in [7, 11) is 0. The van der Waals surface area contributed by atoms with Gasteiger partial charge in [0, 0.05) is 17.8 Å². The second-order valence-electron chi connectivity index (χ2n) is 4.56. The molecule has 102 valence electrons. The lowest BCUT2D eigenvalue weighted by Crippen LogP contribution is -2.12. The zero-order valence-electron chi connectivity index (χ0n) is 10.9. The fourth-order valence-electron chi connectivity index (χ4n) is 1.98. The molecule has 0 radical (unpaired) electrons. The minimum atomic E-state index is -0.300. The molecular formula is C13H14N6O. The topological polar surface area (TPSA) is 101 Å². The molecule has 7 nitrogen and oxygen atoms in total. The number of nitrogens with zero attached hydrogens (tertiary/aromatic N) is 3. The second kappa shape index (κ2) is 4.69. The molecule has 0 aliphatic carbocycles. The molecule has 3 aromatic rings. The number of H-pyrrole nitrogens is 1. The number of nitrogens with one attached hydrogen (secondary N) is 2. The van der Waals surface area contributed by atoms with E-state index >= 15 is 0 Å². The van der Waals surface area contributed by atoms with Crippen LogP contribution < -0.4 is 16.7 Å². The van der Waals surface area contributed by atoms with Crippen molar-refractivity contribution in [2.45, 2.75) is 13.0 Å². The molecule has 1 aromatic carbocycles. The minimum Gasteiger partial charge on any atom is -0.399 e. The minimum absolute atomic E-state index is 0.0659. The molecule has 0 saturated carbocycles. The number of rotatable bonds is 3. The number of benzene rings is 1. The van der Waals surface area contributed by atoms with Crippen molar-refractivity contribution in [2.75, 3.05) is 11.1 Å². The third-order valence-corrected chi connectivity index (χ3v) is 3.11. The van der Waals surface area contributed by atoms with Gasteiger partial charge in [0.2, 0.25) is 0 Å². The monoisotopic (exact) mass is 270 g/mol. The fraction of sp³-hybridized carbons (Fsp3) is 0.154. The summed E-state index contributed by atoms with van der Waals surface area (Å²) in [6.07, 6.45) is 1.44. The lowest BCUT2D eigenvalue weighted by molar-refractivity contribution is 0.870. The molecule has 7 heteroatoms. The van der Waals surface area contributed by atoms with E-state index in [1.165, 1.54) is 10.7 Å². The van der Waals surface area contributed by atoms with E-state index < -0.39 is 0 Å². The Morgan fingerprint density at radius 2 is 2.10 bits per heavy atom. The standard InChI is InChI=1S/C13H14N6O/c1-8(9-2-4-10(14)5-3-9)16-11-6-12-17-18-13(20)19(12)7-15-11/h2-8,16H,14H2,1H3,(H,18,20). The maximum atomic E-state index is 11.3. The van der Waals surface area contributed by atoms with Crippen LogP contribution in [0.15, 0.2) is 41.5 Å². The molecule has 2 aromatic heterocycles. The largest absolute Gasteiger partial charge is 0.399 e. The molecule has 2 heterocycles. The van der Waals surface area contributed by atoms with Crippen molar-refractivity contribution in [3.63, 3.8) is 0 Å². The van der Waals surface area contributed by atoms with Crippen molar-refractivity contribution < 1.29 is 0 Å². The van der Waals surface area contributed by atoms with Gasteiger partial charge < -0.3 is 11.1 Å². The van der Waals surface area contributed by atoms with Gasteiger partial charge in [0.1, 0.15) is 12.1 Å². The van der Waals surface area contributed by atoms with Crippen LogP contribution in [0.5, 0.6) is 0 Å². The zero-order chi connectivity index (χ0) is 14.1. The van der Waals surface area contributed by atoms with Gasteiger partial charge in [-0.25, -0.2) is 19.3 Å². The smallest absolute Gasteiger partial charge is 0.348 e. The van der Waals surface area contributed by atoms with E-state index in [-0.39, 0.29) is 11.7 Å². The van der Waals surface area contributed by atoms with Gasteiger partial charge in [-0.2, -0.15) is 5.10 Å². The number of fused-ring (bicyclic) bond motifs is 1. The molecule has 1 atom stereocenters. The van der Waals surface area contributed by atoms with Crippen molar-refractivity contribution >= 4 is 17.2 Å². The Balaban J connectivity index is 1.85. The number of nitrogens with two attached hydrogens (primary N) is 1. The molecule has 0 bridgehead atoms. The summed E-state index contributed by atoms with van der Waals surface area (Å²) in [5.41, 5.74) is 7.72. The first kappa shape index (κ1) is 12.2. The van der Waals surface area contributed by atoms with E-state index in [0.717, 1.165) is 11.3 Å². The van der Waals surface area contributed by atoms with Gasteiger partial charge in [0.15, 0.2) is 5.65 Å². The highest BCUT2D eigenvalue weighted by atomic mass is 16.1. The Hall–Kier alpha value is -2.83. The van der Waals surface area contributed by atoms with Crippen molar-refractivity contribution in [3.8, 4) is 0 Å². The predicted octanol–water partition coefficient (Wildman–Crippen LogP) is 1.17. The zero-order valence-corrected chi connectivity index (χ0v) is 10.9. The van der Waals surface area contributed by atoms with Crippen LogP contribution in [0.25, 0.3) is 5.65 Å². The SMILES string of the molecule is CC(Nc1cc2n[nH]c(=O)n2cn1)c1ccc(N)cc1. The van der Waals surface area contributed by atoms with E-state index in [2.05, 4.69) is 20.5 Å². The van der Waals surface area contributed by atoms with Gasteiger partial charge in [-0.05, 0) is 24.6 Å². The van der Waals surface area contributed by atoms with Gasteiger partial charge >= 0.3 is 5.69 Å². The van der Waals surface area contributed by atoms with E-state index in [1.54, 1.807) is 6.07 Å². The molecule has 0 saturated heterocycles. The lowest BCUT2D eigenvalue weighted by atomic mass is 10.1. The fourth-order valence-corrected chi connectivity index (χ4v) is 1.98. The Morgan fingerprint density at radius 1 is 1.35 bits per heavy atom. The summed E-state index contributed by atoms with van der Waals surface area (Å²) >= 11 is 0. The van der Waals surface area contributed by atoms with Gasteiger partial charge in [0.25, 0.3) is 0 Å². The summed E-state index contributed by atoms with van der Waals surface area (Å²) < 4.78 is 1.35. The highest BCUT2D eigenvalue weighted by Crippen LogP contribution is 2.19. The molecule has 0 amide bonds. The third kappa shape index (κ3) is 2.20. The first-order valence-electron chi connectivity index (χ1n) is 6.18. The van der Waals surface area contributed by atoms with Crippen molar-refractivity contribution in [1.29, 1.82) is 0 Å². The van der Waals surface area contributed by atoms with Crippen LogP contribution in [0, 0.1) is 0 Å². The molecule has 0 aliphatic heterocycles. The Labute approximate surface area is 114 Å². The van der Waals surface area contributed by atoms with Crippen LogP contribution >= 0.6 is 0 Å². The first-order chi connectivity index (χ1) is 9.63. The summed E-state index contributed by atoms with van der Waals surface area (Å²) in [5.74, 6) is 0.654. The molecule has 0 fully saturated rings. The molecule has 0 spiro atoms. The summed E-state index contributed by atoms with van der Waals surface area (Å²) in [6.45, 7) is 2.02. The quantitative estimate of drug-likeness (QED) is 0.620. The Morgan fingerprint density at radius 3 is 2.85 bits per heavy atom. The molecule has 3 rings (SSSR count). The number of aromatic nitrogens is 4. The average molecular weight is 270 g/mol. The Bertz CT molecular complexity index is 788. The molecule has 4 N–H and O–H groups in total. The summed E-state index contributed by atoms with van der Waals surface area (Å²) in [5, 5.41) is 9.53. The first-order valence-corrected chi connectivity index (χ1v) is 6.18.